The van der Waals surface area contributed by atoms with Gasteiger partial charge in [0.1, 0.15) is 0 Å². The largest absolute Gasteiger partial charge is 0.489 e. The molecule has 0 atom stereocenters. The van der Waals surface area contributed by atoms with Gasteiger partial charge in [0.05, 0.1) is 13.0 Å². The van der Waals surface area contributed by atoms with Crippen LogP contribution in [0.4, 0.5) is 5.82 Å². The quantitative estimate of drug-likeness (QED) is 0.636. The number of carbonyl (C=O) groups excluding carboxylic acids is 1. The van der Waals surface area contributed by atoms with Crippen molar-refractivity contribution in [2.45, 2.75) is 51.0 Å². The molecular formula is C28H36N4O4. The number of nitrogens with one attached hydrogen (secondary N) is 1. The van der Waals surface area contributed by atoms with Crippen LogP contribution in [-0.4, -0.2) is 68.0 Å². The van der Waals surface area contributed by atoms with E-state index in [1.807, 2.05) is 24.4 Å². The molecule has 1 saturated heterocycles. The van der Waals surface area contributed by atoms with Crippen molar-refractivity contribution in [1.82, 2.24) is 15.2 Å². The second-order valence-corrected chi connectivity index (χ2v) is 10.5. The van der Waals surface area contributed by atoms with E-state index in [-0.39, 0.29) is 12.7 Å². The fourth-order valence-electron chi connectivity index (χ4n) is 5.98. The number of hydrogen-bond donors (Lipinski definition) is 1. The van der Waals surface area contributed by atoms with Gasteiger partial charge in [-0.2, -0.15) is 0 Å². The van der Waals surface area contributed by atoms with Crippen molar-refractivity contribution >= 4 is 11.7 Å². The van der Waals surface area contributed by atoms with Crippen molar-refractivity contribution in [1.29, 1.82) is 0 Å². The molecule has 2 aromatic rings. The molecule has 3 aliphatic heterocycles. The number of anilines is 1. The van der Waals surface area contributed by atoms with E-state index in [2.05, 4.69) is 26.2 Å². The number of pyridine rings is 1. The summed E-state index contributed by atoms with van der Waals surface area (Å²) < 4.78 is 16.6. The molecule has 1 saturated carbocycles. The van der Waals surface area contributed by atoms with Crippen LogP contribution in [0.5, 0.6) is 17.2 Å². The first-order chi connectivity index (χ1) is 17.7. The average molecular weight is 493 g/mol. The Morgan fingerprint density at radius 1 is 1.00 bits per heavy atom. The topological polar surface area (TPSA) is 76.2 Å². The van der Waals surface area contributed by atoms with Gasteiger partial charge in [-0.1, -0.05) is 6.07 Å². The number of benzene rings is 1. The van der Waals surface area contributed by atoms with E-state index in [0.29, 0.717) is 12.5 Å². The lowest BCUT2D eigenvalue weighted by Crippen LogP contribution is -2.47. The summed E-state index contributed by atoms with van der Waals surface area (Å²) >= 11 is 0. The van der Waals surface area contributed by atoms with E-state index >= 15 is 0 Å². The molecule has 0 unspecified atom stereocenters. The highest BCUT2D eigenvalue weighted by molar-refractivity contribution is 5.79. The number of rotatable bonds is 7. The van der Waals surface area contributed by atoms with Gasteiger partial charge < -0.3 is 24.4 Å². The number of ether oxygens (including phenoxy) is 3. The summed E-state index contributed by atoms with van der Waals surface area (Å²) in [4.78, 5) is 22.2. The Hall–Kier alpha value is -3.00. The summed E-state index contributed by atoms with van der Waals surface area (Å²) in [5, 5.41) is 3.26. The first kappa shape index (κ1) is 23.4. The van der Waals surface area contributed by atoms with Gasteiger partial charge >= 0.3 is 0 Å². The Labute approximate surface area is 212 Å². The first-order valence-electron chi connectivity index (χ1n) is 13.5. The van der Waals surface area contributed by atoms with E-state index in [0.717, 1.165) is 93.1 Å². The summed E-state index contributed by atoms with van der Waals surface area (Å²) in [5.41, 5.74) is 2.26. The molecule has 0 bridgehead atoms. The minimum Gasteiger partial charge on any atom is -0.489 e. The van der Waals surface area contributed by atoms with E-state index in [1.165, 1.54) is 24.8 Å². The number of carbonyl (C=O) groups is 1. The molecule has 4 aliphatic rings. The zero-order valence-electron chi connectivity index (χ0n) is 20.9. The SMILES string of the molecule is O=C(Cc1ccc2c(c1)OCO2)NC1CCC(CCN2CCN(c3nccc4c3OCC4)CC2)CC1. The van der Waals surface area contributed by atoms with Crippen LogP contribution in [-0.2, 0) is 17.6 Å². The highest BCUT2D eigenvalue weighted by atomic mass is 16.7. The fourth-order valence-corrected chi connectivity index (χ4v) is 5.98. The molecule has 1 aliphatic carbocycles. The summed E-state index contributed by atoms with van der Waals surface area (Å²) in [6.07, 6.45) is 9.11. The van der Waals surface area contributed by atoms with Crippen molar-refractivity contribution in [2.24, 2.45) is 5.92 Å². The van der Waals surface area contributed by atoms with Gasteiger partial charge in [-0.15, -0.1) is 0 Å². The van der Waals surface area contributed by atoms with E-state index < -0.39 is 0 Å². The van der Waals surface area contributed by atoms with Gasteiger partial charge in [0, 0.05) is 50.4 Å². The van der Waals surface area contributed by atoms with Crippen LogP contribution in [0.15, 0.2) is 30.5 Å². The lowest BCUT2D eigenvalue weighted by atomic mass is 9.84. The van der Waals surface area contributed by atoms with E-state index in [4.69, 9.17) is 14.2 Å². The van der Waals surface area contributed by atoms with Crippen LogP contribution in [0.2, 0.25) is 0 Å². The highest BCUT2D eigenvalue weighted by Crippen LogP contribution is 2.35. The van der Waals surface area contributed by atoms with Crippen LogP contribution in [0.3, 0.4) is 0 Å². The Morgan fingerprint density at radius 3 is 2.69 bits per heavy atom. The van der Waals surface area contributed by atoms with Crippen molar-refractivity contribution in [2.75, 3.05) is 51.0 Å². The zero-order valence-corrected chi connectivity index (χ0v) is 20.9. The Kier molecular flexibility index (Phi) is 6.86. The highest BCUT2D eigenvalue weighted by Gasteiger charge is 2.27. The maximum absolute atomic E-state index is 12.6. The van der Waals surface area contributed by atoms with Crippen LogP contribution >= 0.6 is 0 Å². The summed E-state index contributed by atoms with van der Waals surface area (Å²) in [7, 11) is 0. The first-order valence-corrected chi connectivity index (χ1v) is 13.5. The van der Waals surface area contributed by atoms with Crippen molar-refractivity contribution < 1.29 is 19.0 Å². The summed E-state index contributed by atoms with van der Waals surface area (Å²) in [5.74, 6) is 4.38. The number of fused-ring (bicyclic) bond motifs is 2. The molecule has 2 fully saturated rings. The van der Waals surface area contributed by atoms with Crippen molar-refractivity contribution in [3.8, 4) is 17.2 Å². The molecule has 0 radical (unpaired) electrons. The third kappa shape index (κ3) is 5.24. The Balaban J connectivity index is 0.894. The molecule has 1 aromatic heterocycles. The number of nitrogens with zero attached hydrogens (tertiary/aromatic N) is 3. The summed E-state index contributed by atoms with van der Waals surface area (Å²) in [6.45, 7) is 6.38. The molecular weight excluding hydrogens is 456 g/mol. The minimum absolute atomic E-state index is 0.0964. The molecule has 36 heavy (non-hydrogen) atoms. The predicted molar refractivity (Wildman–Crippen MR) is 137 cm³/mol. The molecule has 1 aromatic carbocycles. The normalized spacial score (nSPS) is 23.3. The van der Waals surface area contributed by atoms with Gasteiger partial charge in [-0.3, -0.25) is 9.69 Å². The minimum atomic E-state index is 0.0964. The number of amides is 1. The maximum atomic E-state index is 12.6. The fraction of sp³-hybridized carbons (Fsp3) is 0.571. The molecule has 6 rings (SSSR count). The van der Waals surface area contributed by atoms with Crippen LogP contribution < -0.4 is 24.4 Å². The smallest absolute Gasteiger partial charge is 0.231 e. The lowest BCUT2D eigenvalue weighted by molar-refractivity contribution is -0.121. The van der Waals surface area contributed by atoms with Gasteiger partial charge in [0.2, 0.25) is 12.7 Å². The van der Waals surface area contributed by atoms with Gasteiger partial charge in [-0.05, 0) is 68.3 Å². The lowest BCUT2D eigenvalue weighted by Gasteiger charge is -2.37. The molecule has 4 heterocycles. The molecule has 192 valence electrons. The second-order valence-electron chi connectivity index (χ2n) is 10.5. The second kappa shape index (κ2) is 10.5. The van der Waals surface area contributed by atoms with Crippen molar-refractivity contribution in [3.63, 3.8) is 0 Å². The van der Waals surface area contributed by atoms with E-state index in [9.17, 15) is 4.79 Å². The Morgan fingerprint density at radius 2 is 1.83 bits per heavy atom. The van der Waals surface area contributed by atoms with Gasteiger partial charge in [0.15, 0.2) is 23.1 Å². The van der Waals surface area contributed by atoms with E-state index in [1.54, 1.807) is 0 Å². The average Bonchev–Trinajstić information content (AvgIpc) is 3.58. The monoisotopic (exact) mass is 492 g/mol. The number of piperazine rings is 1. The third-order valence-corrected chi connectivity index (χ3v) is 8.12. The van der Waals surface area contributed by atoms with Gasteiger partial charge in [0.25, 0.3) is 0 Å². The molecule has 1 amide bonds. The number of aromatic nitrogens is 1. The predicted octanol–water partition coefficient (Wildman–Crippen LogP) is 3.18. The third-order valence-electron chi connectivity index (χ3n) is 8.12. The maximum Gasteiger partial charge on any atom is 0.231 e. The molecule has 8 heteroatoms. The van der Waals surface area contributed by atoms with Crippen LogP contribution in [0.25, 0.3) is 0 Å². The zero-order chi connectivity index (χ0) is 24.3. The van der Waals surface area contributed by atoms with Crippen LogP contribution in [0.1, 0.15) is 43.2 Å². The molecule has 0 spiro atoms. The van der Waals surface area contributed by atoms with Crippen LogP contribution in [0, 0.1) is 5.92 Å². The van der Waals surface area contributed by atoms with Gasteiger partial charge in [-0.25, -0.2) is 4.98 Å². The Bertz CT molecular complexity index is 1080. The standard InChI is InChI=1S/C28H36N4O4/c33-26(18-21-3-6-24-25(17-21)36-19-35-24)30-23-4-1-20(2-5-23)8-11-31-12-14-32(15-13-31)28-27-22(7-10-29-28)9-16-34-27/h3,6-7,10,17,20,23H,1-2,4-5,8-9,11-16,18-19H2,(H,30,33). The van der Waals surface area contributed by atoms with Crippen molar-refractivity contribution in [3.05, 3.63) is 41.6 Å². The summed E-state index contributed by atoms with van der Waals surface area (Å²) in [6, 6.07) is 8.13. The molecule has 1 N–H and O–H groups in total. The molecule has 8 nitrogen and oxygen atoms in total. The number of hydrogen-bond acceptors (Lipinski definition) is 7.